The van der Waals surface area contributed by atoms with Gasteiger partial charge < -0.3 is 20.9 Å². The topological polar surface area (TPSA) is 102 Å². The number of nitrogens with one attached hydrogen (secondary N) is 1. The SMILES string of the molecule is Cc1ccc(C(=O)O)cc1NC(=O)C1(C)COCC1N. The molecule has 1 aromatic rings. The average molecular weight is 278 g/mol. The molecule has 2 atom stereocenters. The van der Waals surface area contributed by atoms with Crippen LogP contribution in [0, 0.1) is 12.3 Å². The van der Waals surface area contributed by atoms with Crippen molar-refractivity contribution in [2.45, 2.75) is 19.9 Å². The van der Waals surface area contributed by atoms with Crippen molar-refractivity contribution in [2.24, 2.45) is 11.1 Å². The maximum absolute atomic E-state index is 12.4. The number of aryl methyl sites for hydroxylation is 1. The van der Waals surface area contributed by atoms with Crippen LogP contribution in [0.1, 0.15) is 22.8 Å². The molecule has 1 aliphatic heterocycles. The molecule has 1 heterocycles. The number of hydrogen-bond acceptors (Lipinski definition) is 4. The molecule has 0 saturated carbocycles. The van der Waals surface area contributed by atoms with Crippen molar-refractivity contribution in [3.05, 3.63) is 29.3 Å². The zero-order valence-electron chi connectivity index (χ0n) is 11.5. The summed E-state index contributed by atoms with van der Waals surface area (Å²) in [6.07, 6.45) is 0. The van der Waals surface area contributed by atoms with Gasteiger partial charge >= 0.3 is 5.97 Å². The van der Waals surface area contributed by atoms with Gasteiger partial charge in [0.1, 0.15) is 0 Å². The second-order valence-electron chi connectivity index (χ2n) is 5.33. The van der Waals surface area contributed by atoms with Crippen LogP contribution in [0.3, 0.4) is 0 Å². The molecule has 0 spiro atoms. The quantitative estimate of drug-likeness (QED) is 0.765. The van der Waals surface area contributed by atoms with E-state index in [1.807, 2.05) is 0 Å². The molecular weight excluding hydrogens is 260 g/mol. The molecule has 108 valence electrons. The van der Waals surface area contributed by atoms with E-state index in [1.54, 1.807) is 19.9 Å². The van der Waals surface area contributed by atoms with E-state index in [0.717, 1.165) is 5.56 Å². The van der Waals surface area contributed by atoms with Crippen molar-refractivity contribution in [1.29, 1.82) is 0 Å². The number of hydrogen-bond donors (Lipinski definition) is 3. The number of benzene rings is 1. The summed E-state index contributed by atoms with van der Waals surface area (Å²) in [5.41, 5.74) is 6.50. The Morgan fingerprint density at radius 1 is 1.50 bits per heavy atom. The Morgan fingerprint density at radius 2 is 2.20 bits per heavy atom. The lowest BCUT2D eigenvalue weighted by atomic mass is 9.84. The van der Waals surface area contributed by atoms with Gasteiger partial charge in [0.25, 0.3) is 0 Å². The minimum absolute atomic E-state index is 0.128. The van der Waals surface area contributed by atoms with Gasteiger partial charge in [-0.1, -0.05) is 6.07 Å². The molecule has 1 aliphatic rings. The summed E-state index contributed by atoms with van der Waals surface area (Å²) in [6.45, 7) is 4.15. The van der Waals surface area contributed by atoms with E-state index in [2.05, 4.69) is 5.32 Å². The maximum atomic E-state index is 12.4. The van der Waals surface area contributed by atoms with Crippen molar-refractivity contribution >= 4 is 17.6 Å². The molecule has 6 nitrogen and oxygen atoms in total. The monoisotopic (exact) mass is 278 g/mol. The number of carboxylic acid groups (broad SMARTS) is 1. The van der Waals surface area contributed by atoms with Crippen LogP contribution in [-0.2, 0) is 9.53 Å². The average Bonchev–Trinajstić information content (AvgIpc) is 2.73. The molecule has 2 rings (SSSR count). The Morgan fingerprint density at radius 3 is 2.75 bits per heavy atom. The molecule has 0 aliphatic carbocycles. The Balaban J connectivity index is 2.23. The second kappa shape index (κ2) is 5.22. The largest absolute Gasteiger partial charge is 0.478 e. The molecule has 2 unspecified atom stereocenters. The highest BCUT2D eigenvalue weighted by Crippen LogP contribution is 2.29. The first-order valence-corrected chi connectivity index (χ1v) is 6.33. The number of amides is 1. The molecular formula is C14H18N2O4. The highest BCUT2D eigenvalue weighted by molar-refractivity contribution is 5.98. The number of carbonyl (C=O) groups excluding carboxylic acids is 1. The van der Waals surface area contributed by atoms with Crippen LogP contribution in [0.2, 0.25) is 0 Å². The second-order valence-corrected chi connectivity index (χ2v) is 5.33. The van der Waals surface area contributed by atoms with Crippen molar-refractivity contribution in [3.63, 3.8) is 0 Å². The highest BCUT2D eigenvalue weighted by Gasteiger charge is 2.44. The third-order valence-electron chi connectivity index (χ3n) is 3.77. The van der Waals surface area contributed by atoms with Gasteiger partial charge in [0.05, 0.1) is 24.2 Å². The smallest absolute Gasteiger partial charge is 0.335 e. The lowest BCUT2D eigenvalue weighted by molar-refractivity contribution is -0.125. The Bertz CT molecular complexity index is 558. The molecule has 1 aromatic carbocycles. The minimum Gasteiger partial charge on any atom is -0.478 e. The van der Waals surface area contributed by atoms with Crippen LogP contribution < -0.4 is 11.1 Å². The Hall–Kier alpha value is -1.92. The van der Waals surface area contributed by atoms with Crippen LogP contribution >= 0.6 is 0 Å². The van der Waals surface area contributed by atoms with Gasteiger partial charge in [-0.2, -0.15) is 0 Å². The van der Waals surface area contributed by atoms with E-state index in [1.165, 1.54) is 12.1 Å². The molecule has 1 saturated heterocycles. The predicted octanol–water partition coefficient (Wildman–Crippen LogP) is 0.996. The fourth-order valence-corrected chi connectivity index (χ4v) is 2.08. The van der Waals surface area contributed by atoms with Crippen LogP contribution in [0.15, 0.2) is 18.2 Å². The summed E-state index contributed by atoms with van der Waals surface area (Å²) in [4.78, 5) is 23.3. The van der Waals surface area contributed by atoms with Gasteiger partial charge in [0.2, 0.25) is 5.91 Å². The summed E-state index contributed by atoms with van der Waals surface area (Å²) in [5.74, 6) is -1.29. The van der Waals surface area contributed by atoms with Crippen molar-refractivity contribution < 1.29 is 19.4 Å². The van der Waals surface area contributed by atoms with Crippen molar-refractivity contribution in [2.75, 3.05) is 18.5 Å². The van der Waals surface area contributed by atoms with E-state index in [0.29, 0.717) is 12.3 Å². The van der Waals surface area contributed by atoms with Gasteiger partial charge in [-0.25, -0.2) is 4.79 Å². The van der Waals surface area contributed by atoms with E-state index in [9.17, 15) is 9.59 Å². The first-order valence-electron chi connectivity index (χ1n) is 6.33. The zero-order chi connectivity index (χ0) is 14.9. The standard InChI is InChI=1S/C14H18N2O4/c1-8-3-4-9(12(17)18)5-10(8)16-13(19)14(2)7-20-6-11(14)15/h3-5,11H,6-7,15H2,1-2H3,(H,16,19)(H,17,18). The van der Waals surface area contributed by atoms with Crippen LogP contribution in [0.25, 0.3) is 0 Å². The minimum atomic E-state index is -1.03. The maximum Gasteiger partial charge on any atom is 0.335 e. The normalized spacial score (nSPS) is 25.4. The van der Waals surface area contributed by atoms with Gasteiger partial charge in [0, 0.05) is 11.7 Å². The summed E-state index contributed by atoms with van der Waals surface area (Å²) in [7, 11) is 0. The van der Waals surface area contributed by atoms with E-state index >= 15 is 0 Å². The van der Waals surface area contributed by atoms with Gasteiger partial charge in [-0.15, -0.1) is 0 Å². The molecule has 6 heteroatoms. The van der Waals surface area contributed by atoms with Gasteiger partial charge in [0.15, 0.2) is 0 Å². The molecule has 1 fully saturated rings. The fourth-order valence-electron chi connectivity index (χ4n) is 2.08. The number of rotatable bonds is 3. The third-order valence-corrected chi connectivity index (χ3v) is 3.77. The molecule has 20 heavy (non-hydrogen) atoms. The molecule has 4 N–H and O–H groups in total. The number of ether oxygens (including phenoxy) is 1. The van der Waals surface area contributed by atoms with Gasteiger partial charge in [-0.3, -0.25) is 4.79 Å². The summed E-state index contributed by atoms with van der Waals surface area (Å²) in [6, 6.07) is 4.23. The summed E-state index contributed by atoms with van der Waals surface area (Å²) >= 11 is 0. The first-order chi connectivity index (χ1) is 9.34. The fraction of sp³-hybridized carbons (Fsp3) is 0.429. The molecule has 0 aromatic heterocycles. The Labute approximate surface area is 116 Å². The highest BCUT2D eigenvalue weighted by atomic mass is 16.5. The van der Waals surface area contributed by atoms with Gasteiger partial charge in [-0.05, 0) is 31.5 Å². The van der Waals surface area contributed by atoms with E-state index in [-0.39, 0.29) is 24.1 Å². The lowest BCUT2D eigenvalue weighted by Gasteiger charge is -2.25. The van der Waals surface area contributed by atoms with Crippen LogP contribution in [0.5, 0.6) is 0 Å². The summed E-state index contributed by atoms with van der Waals surface area (Å²) < 4.78 is 5.24. The van der Waals surface area contributed by atoms with Crippen molar-refractivity contribution in [3.8, 4) is 0 Å². The summed E-state index contributed by atoms with van der Waals surface area (Å²) in [5, 5.41) is 11.7. The Kier molecular flexibility index (Phi) is 3.78. The third kappa shape index (κ3) is 2.52. The number of carboxylic acids is 1. The predicted molar refractivity (Wildman–Crippen MR) is 73.7 cm³/mol. The molecule has 0 radical (unpaired) electrons. The first kappa shape index (κ1) is 14.5. The van der Waals surface area contributed by atoms with Crippen LogP contribution in [0.4, 0.5) is 5.69 Å². The number of nitrogens with two attached hydrogens (primary N) is 1. The van der Waals surface area contributed by atoms with Crippen LogP contribution in [-0.4, -0.2) is 36.2 Å². The number of aromatic carboxylic acids is 1. The lowest BCUT2D eigenvalue weighted by Crippen LogP contribution is -2.47. The zero-order valence-corrected chi connectivity index (χ0v) is 11.5. The van der Waals surface area contributed by atoms with E-state index in [4.69, 9.17) is 15.6 Å². The number of anilines is 1. The van der Waals surface area contributed by atoms with Crippen molar-refractivity contribution in [1.82, 2.24) is 0 Å². The number of carbonyl (C=O) groups is 2. The molecule has 0 bridgehead atoms. The molecule has 1 amide bonds. The van der Waals surface area contributed by atoms with E-state index < -0.39 is 11.4 Å².